The van der Waals surface area contributed by atoms with E-state index in [-0.39, 0.29) is 6.61 Å². The minimum Gasteiger partial charge on any atom is -0.491 e. The van der Waals surface area contributed by atoms with Gasteiger partial charge in [-0.05, 0) is 22.9 Å². The first-order valence-electron chi connectivity index (χ1n) is 8.82. The summed E-state index contributed by atoms with van der Waals surface area (Å²) in [5.41, 5.74) is 0. The summed E-state index contributed by atoms with van der Waals surface area (Å²) in [6, 6.07) is 14.2. The summed E-state index contributed by atoms with van der Waals surface area (Å²) in [7, 11) is 0. The van der Waals surface area contributed by atoms with E-state index >= 15 is 0 Å². The third-order valence-corrected chi connectivity index (χ3v) is 4.82. The molecule has 0 aliphatic carbocycles. The van der Waals surface area contributed by atoms with E-state index in [0.29, 0.717) is 6.61 Å². The molecule has 1 saturated heterocycles. The molecule has 5 heteroatoms. The van der Waals surface area contributed by atoms with E-state index in [2.05, 4.69) is 12.1 Å². The molecule has 0 radical (unpaired) electrons. The zero-order valence-electron chi connectivity index (χ0n) is 14.1. The Morgan fingerprint density at radius 2 is 1.67 bits per heavy atom. The summed E-state index contributed by atoms with van der Waals surface area (Å²) in [5, 5.41) is 21.6. The van der Waals surface area contributed by atoms with Gasteiger partial charge in [0.1, 0.15) is 57.7 Å². The molecule has 0 saturated carbocycles. The maximum atomic E-state index is 10.3. The van der Waals surface area contributed by atoms with Crippen molar-refractivity contribution in [3.05, 3.63) is 42.5 Å². The smallest absolute Gasteiger partial charge is 0.137 e. The number of piperazine rings is 1. The summed E-state index contributed by atoms with van der Waals surface area (Å²) >= 11 is 0. The molecule has 1 aliphatic heterocycles. The molecule has 2 aromatic carbocycles. The molecule has 1 fully saturated rings. The van der Waals surface area contributed by atoms with E-state index < -0.39 is 6.10 Å². The van der Waals surface area contributed by atoms with Crippen molar-refractivity contribution < 1.29 is 24.7 Å². The van der Waals surface area contributed by atoms with Crippen LogP contribution in [0.2, 0.25) is 0 Å². The van der Waals surface area contributed by atoms with Crippen molar-refractivity contribution in [3.8, 4) is 5.75 Å². The Kier molecular flexibility index (Phi) is 6.04. The lowest BCUT2D eigenvalue weighted by atomic mass is 10.1. The second kappa shape index (κ2) is 8.44. The molecular formula is C19H28N2O3+2. The molecule has 0 spiro atoms. The molecule has 4 N–H and O–H groups in total. The zero-order valence-corrected chi connectivity index (χ0v) is 14.1. The number of fused-ring (bicyclic) bond motifs is 1. The van der Waals surface area contributed by atoms with Crippen LogP contribution in [0.15, 0.2) is 42.5 Å². The average molecular weight is 332 g/mol. The van der Waals surface area contributed by atoms with Crippen molar-refractivity contribution >= 4 is 10.8 Å². The van der Waals surface area contributed by atoms with Crippen LogP contribution in [0.25, 0.3) is 10.8 Å². The van der Waals surface area contributed by atoms with Gasteiger partial charge in [0.25, 0.3) is 0 Å². The minimum atomic E-state index is -0.453. The molecule has 0 amide bonds. The van der Waals surface area contributed by atoms with Crippen molar-refractivity contribution in [2.24, 2.45) is 0 Å². The summed E-state index contributed by atoms with van der Waals surface area (Å²) in [4.78, 5) is 2.88. The molecule has 5 nitrogen and oxygen atoms in total. The van der Waals surface area contributed by atoms with E-state index in [1.807, 2.05) is 30.3 Å². The highest BCUT2D eigenvalue weighted by Crippen LogP contribution is 2.20. The number of ether oxygens (including phenoxy) is 1. The Bertz CT molecular complexity index is 641. The van der Waals surface area contributed by atoms with Gasteiger partial charge in [0.15, 0.2) is 0 Å². The number of hydrogen-bond donors (Lipinski definition) is 4. The number of aliphatic hydroxyl groups is 2. The normalized spacial score (nSPS) is 22.4. The lowest BCUT2D eigenvalue weighted by Crippen LogP contribution is -3.28. The topological polar surface area (TPSA) is 58.6 Å². The first-order valence-corrected chi connectivity index (χ1v) is 8.82. The molecule has 130 valence electrons. The van der Waals surface area contributed by atoms with E-state index in [9.17, 15) is 5.11 Å². The Hall–Kier alpha value is -1.66. The molecule has 24 heavy (non-hydrogen) atoms. The first kappa shape index (κ1) is 17.2. The van der Waals surface area contributed by atoms with E-state index in [1.54, 1.807) is 0 Å². The maximum Gasteiger partial charge on any atom is 0.137 e. The van der Waals surface area contributed by atoms with Crippen LogP contribution >= 0.6 is 0 Å². The lowest BCUT2D eigenvalue weighted by Gasteiger charge is -2.30. The van der Waals surface area contributed by atoms with Gasteiger partial charge < -0.3 is 24.7 Å². The van der Waals surface area contributed by atoms with Gasteiger partial charge in [-0.25, -0.2) is 0 Å². The van der Waals surface area contributed by atoms with E-state index in [0.717, 1.165) is 50.4 Å². The van der Waals surface area contributed by atoms with Gasteiger partial charge in [-0.2, -0.15) is 0 Å². The number of nitrogens with one attached hydrogen (secondary N) is 2. The van der Waals surface area contributed by atoms with Crippen LogP contribution in [0, 0.1) is 0 Å². The Labute approximate surface area is 143 Å². The molecule has 0 bridgehead atoms. The largest absolute Gasteiger partial charge is 0.491 e. The second-order valence-electron chi connectivity index (χ2n) is 6.65. The molecule has 1 heterocycles. The predicted octanol–water partition coefficient (Wildman–Crippen LogP) is -1.64. The van der Waals surface area contributed by atoms with Gasteiger partial charge in [0, 0.05) is 0 Å². The third-order valence-electron chi connectivity index (χ3n) is 4.82. The molecule has 1 aliphatic rings. The van der Waals surface area contributed by atoms with Crippen molar-refractivity contribution in [2.45, 2.75) is 6.10 Å². The summed E-state index contributed by atoms with van der Waals surface area (Å²) in [6.45, 7) is 6.36. The summed E-state index contributed by atoms with van der Waals surface area (Å²) in [6.07, 6.45) is -0.453. The van der Waals surface area contributed by atoms with Crippen molar-refractivity contribution in [2.75, 3.05) is 52.5 Å². The minimum absolute atomic E-state index is 0.257. The quantitative estimate of drug-likeness (QED) is 0.492. The van der Waals surface area contributed by atoms with Gasteiger partial charge in [-0.1, -0.05) is 30.3 Å². The molecule has 0 unspecified atom stereocenters. The fourth-order valence-corrected chi connectivity index (χ4v) is 3.41. The van der Waals surface area contributed by atoms with Crippen molar-refractivity contribution in [3.63, 3.8) is 0 Å². The number of benzene rings is 2. The van der Waals surface area contributed by atoms with Crippen LogP contribution in [0.3, 0.4) is 0 Å². The van der Waals surface area contributed by atoms with Crippen LogP contribution < -0.4 is 14.5 Å². The van der Waals surface area contributed by atoms with Gasteiger partial charge in [-0.15, -0.1) is 0 Å². The first-order chi connectivity index (χ1) is 11.7. The molecule has 0 aromatic heterocycles. The SMILES string of the molecule is OCC[NH+]1CC[NH+](C[C@H](O)COc2ccc3ccccc3c2)CC1. The van der Waals surface area contributed by atoms with Crippen LogP contribution in [-0.4, -0.2) is 68.8 Å². The van der Waals surface area contributed by atoms with Crippen LogP contribution in [0.1, 0.15) is 0 Å². The third kappa shape index (κ3) is 4.68. The number of rotatable bonds is 7. The number of quaternary nitrogens is 2. The van der Waals surface area contributed by atoms with Gasteiger partial charge >= 0.3 is 0 Å². The van der Waals surface area contributed by atoms with Crippen molar-refractivity contribution in [1.29, 1.82) is 0 Å². The lowest BCUT2D eigenvalue weighted by molar-refractivity contribution is -1.01. The van der Waals surface area contributed by atoms with E-state index in [1.165, 1.54) is 15.2 Å². The standard InChI is InChI=1S/C19H26N2O3/c22-12-11-20-7-9-21(10-8-20)14-18(23)15-24-19-6-5-16-3-1-2-4-17(16)13-19/h1-6,13,18,22-23H,7-12,14-15H2/p+2/t18-/m0/s1. The molecule has 1 atom stereocenters. The molecular weight excluding hydrogens is 304 g/mol. The van der Waals surface area contributed by atoms with Gasteiger partial charge in [-0.3, -0.25) is 0 Å². The number of hydrogen-bond acceptors (Lipinski definition) is 3. The molecule has 3 rings (SSSR count). The monoisotopic (exact) mass is 332 g/mol. The highest BCUT2D eigenvalue weighted by Gasteiger charge is 2.24. The zero-order chi connectivity index (χ0) is 16.8. The second-order valence-corrected chi connectivity index (χ2v) is 6.65. The highest BCUT2D eigenvalue weighted by molar-refractivity contribution is 5.83. The van der Waals surface area contributed by atoms with Crippen LogP contribution in [-0.2, 0) is 0 Å². The predicted molar refractivity (Wildman–Crippen MR) is 93.7 cm³/mol. The number of aliphatic hydroxyl groups excluding tert-OH is 2. The van der Waals surface area contributed by atoms with Crippen LogP contribution in [0.5, 0.6) is 5.75 Å². The molecule has 2 aromatic rings. The summed E-state index contributed by atoms with van der Waals surface area (Å²) < 4.78 is 5.78. The fourth-order valence-electron chi connectivity index (χ4n) is 3.41. The Morgan fingerprint density at radius 3 is 2.42 bits per heavy atom. The Balaban J connectivity index is 1.44. The van der Waals surface area contributed by atoms with Crippen molar-refractivity contribution in [1.82, 2.24) is 0 Å². The van der Waals surface area contributed by atoms with Crippen LogP contribution in [0.4, 0.5) is 0 Å². The van der Waals surface area contributed by atoms with Gasteiger partial charge in [0.2, 0.25) is 0 Å². The fraction of sp³-hybridized carbons (Fsp3) is 0.474. The maximum absolute atomic E-state index is 10.3. The summed E-state index contributed by atoms with van der Waals surface area (Å²) in [5.74, 6) is 0.806. The highest BCUT2D eigenvalue weighted by atomic mass is 16.5. The Morgan fingerprint density at radius 1 is 0.958 bits per heavy atom. The average Bonchev–Trinajstić information content (AvgIpc) is 2.62. The van der Waals surface area contributed by atoms with E-state index in [4.69, 9.17) is 9.84 Å². The van der Waals surface area contributed by atoms with Gasteiger partial charge in [0.05, 0.1) is 6.61 Å².